The number of carbonyl (C=O) groups excluding carboxylic acids is 2. The van der Waals surface area contributed by atoms with Gasteiger partial charge in [0.2, 0.25) is 0 Å². The van der Waals surface area contributed by atoms with Gasteiger partial charge < -0.3 is 14.9 Å². The van der Waals surface area contributed by atoms with Gasteiger partial charge in [0.25, 0.3) is 11.8 Å². The molecule has 2 aliphatic heterocycles. The largest absolute Gasteiger partial charge is 0.503 e. The van der Waals surface area contributed by atoms with Gasteiger partial charge in [-0.2, -0.15) is 13.2 Å². The van der Waals surface area contributed by atoms with Crippen molar-refractivity contribution in [1.82, 2.24) is 9.80 Å². The molecule has 4 rings (SSSR count). The molecular formula is C21H23F3N2O3. The first-order chi connectivity index (χ1) is 13.5. The summed E-state index contributed by atoms with van der Waals surface area (Å²) in [6.07, 6.45) is -1.55. The number of nitrogens with zero attached hydrogens (tertiary/aromatic N) is 2. The minimum Gasteiger partial charge on any atom is -0.503 e. The van der Waals surface area contributed by atoms with Crippen LogP contribution >= 0.6 is 0 Å². The van der Waals surface area contributed by atoms with Gasteiger partial charge >= 0.3 is 6.18 Å². The Hall–Kier alpha value is -2.51. The van der Waals surface area contributed by atoms with Crippen LogP contribution in [0.1, 0.15) is 48.3 Å². The van der Waals surface area contributed by atoms with E-state index in [0.717, 1.165) is 0 Å². The maximum absolute atomic E-state index is 13.2. The van der Waals surface area contributed by atoms with Crippen LogP contribution in [0.2, 0.25) is 0 Å². The molecule has 2 fully saturated rings. The Morgan fingerprint density at radius 1 is 1.24 bits per heavy atom. The van der Waals surface area contributed by atoms with Gasteiger partial charge in [-0.25, -0.2) is 0 Å². The summed E-state index contributed by atoms with van der Waals surface area (Å²) in [5, 5.41) is 9.92. The second-order valence-corrected chi connectivity index (χ2v) is 8.45. The SMILES string of the molecule is Cc1ccc(C2CCC3(CC2)CN3C(=O)C2=C(O)C(=O)N(C)C2)cc1C(F)(F)F. The Balaban J connectivity index is 1.44. The van der Waals surface area contributed by atoms with Crippen molar-refractivity contribution in [2.45, 2.75) is 50.2 Å². The topological polar surface area (TPSA) is 60.6 Å². The smallest absolute Gasteiger partial charge is 0.416 e. The van der Waals surface area contributed by atoms with E-state index >= 15 is 0 Å². The fraction of sp³-hybridized carbons (Fsp3) is 0.524. The maximum Gasteiger partial charge on any atom is 0.416 e. The highest BCUT2D eigenvalue weighted by atomic mass is 19.4. The number of aryl methyl sites for hydroxylation is 1. The highest BCUT2D eigenvalue weighted by Crippen LogP contribution is 2.50. The molecule has 5 nitrogen and oxygen atoms in total. The van der Waals surface area contributed by atoms with E-state index in [9.17, 15) is 27.9 Å². The van der Waals surface area contributed by atoms with Crippen LogP contribution < -0.4 is 0 Å². The highest BCUT2D eigenvalue weighted by Gasteiger charge is 2.57. The van der Waals surface area contributed by atoms with Crippen LogP contribution in [-0.2, 0) is 15.8 Å². The van der Waals surface area contributed by atoms with E-state index in [1.807, 2.05) is 0 Å². The number of halogens is 3. The van der Waals surface area contributed by atoms with Crippen molar-refractivity contribution in [3.63, 3.8) is 0 Å². The number of hydrogen-bond acceptors (Lipinski definition) is 3. The van der Waals surface area contributed by atoms with Crippen molar-refractivity contribution in [2.75, 3.05) is 20.1 Å². The van der Waals surface area contributed by atoms with E-state index in [0.29, 0.717) is 37.8 Å². The molecule has 29 heavy (non-hydrogen) atoms. The van der Waals surface area contributed by atoms with Crippen molar-refractivity contribution in [1.29, 1.82) is 0 Å². The number of aliphatic hydroxyl groups excluding tert-OH is 1. The predicted molar refractivity (Wildman–Crippen MR) is 99.1 cm³/mol. The van der Waals surface area contributed by atoms with Gasteiger partial charge in [-0.05, 0) is 55.7 Å². The van der Waals surface area contributed by atoms with Gasteiger partial charge in [-0.3, -0.25) is 9.59 Å². The molecule has 0 aromatic heterocycles. The molecule has 0 atom stereocenters. The molecule has 0 radical (unpaired) electrons. The summed E-state index contributed by atoms with van der Waals surface area (Å²) in [5.74, 6) is -1.31. The predicted octanol–water partition coefficient (Wildman–Crippen LogP) is 3.54. The van der Waals surface area contributed by atoms with Crippen LogP contribution in [0.4, 0.5) is 13.2 Å². The number of hydrogen-bond donors (Lipinski definition) is 1. The molecular weight excluding hydrogens is 385 g/mol. The van der Waals surface area contributed by atoms with Gasteiger partial charge in [-0.1, -0.05) is 12.1 Å². The van der Waals surface area contributed by atoms with Crippen LogP contribution in [0.5, 0.6) is 0 Å². The number of carbonyl (C=O) groups is 2. The lowest BCUT2D eigenvalue weighted by molar-refractivity contribution is -0.138. The Morgan fingerprint density at radius 2 is 1.90 bits per heavy atom. The lowest BCUT2D eigenvalue weighted by atomic mass is 9.77. The Kier molecular flexibility index (Phi) is 4.44. The number of amides is 2. The minimum atomic E-state index is -4.36. The third-order valence-electron chi connectivity index (χ3n) is 6.61. The molecule has 1 aliphatic carbocycles. The lowest BCUT2D eigenvalue weighted by Gasteiger charge is -2.30. The van der Waals surface area contributed by atoms with Crippen LogP contribution in [0.15, 0.2) is 29.5 Å². The Bertz CT molecular complexity index is 914. The third kappa shape index (κ3) is 3.28. The molecule has 3 aliphatic rings. The average molecular weight is 408 g/mol. The minimum absolute atomic E-state index is 0.0340. The van der Waals surface area contributed by atoms with E-state index in [-0.39, 0.29) is 35.0 Å². The Morgan fingerprint density at radius 3 is 2.45 bits per heavy atom. The molecule has 2 heterocycles. The second-order valence-electron chi connectivity index (χ2n) is 8.45. The van der Waals surface area contributed by atoms with Crippen LogP contribution in [0.3, 0.4) is 0 Å². The van der Waals surface area contributed by atoms with Gasteiger partial charge in [-0.15, -0.1) is 0 Å². The van der Waals surface area contributed by atoms with Crippen molar-refractivity contribution in [3.8, 4) is 0 Å². The maximum atomic E-state index is 13.2. The van der Waals surface area contributed by atoms with Crippen LogP contribution in [0.25, 0.3) is 0 Å². The zero-order valence-corrected chi connectivity index (χ0v) is 16.3. The van der Waals surface area contributed by atoms with Gasteiger partial charge in [0.1, 0.15) is 0 Å². The second kappa shape index (κ2) is 6.50. The van der Waals surface area contributed by atoms with E-state index in [1.54, 1.807) is 11.0 Å². The lowest BCUT2D eigenvalue weighted by Crippen LogP contribution is -2.30. The number of aliphatic hydroxyl groups is 1. The van der Waals surface area contributed by atoms with Crippen molar-refractivity contribution >= 4 is 11.8 Å². The standard InChI is InChI=1S/C21H23F3N2O3/c1-12-3-4-14(9-16(12)21(22,23)24)13-5-7-20(8-6-13)11-26(20)18(28)15-10-25(2)19(29)17(15)27/h3-4,9,13,27H,5-8,10-11H2,1-2H3. The number of benzene rings is 1. The van der Waals surface area contributed by atoms with Crippen molar-refractivity contribution in [2.24, 2.45) is 0 Å². The molecule has 2 amide bonds. The summed E-state index contributed by atoms with van der Waals surface area (Å²) >= 11 is 0. The van der Waals surface area contributed by atoms with E-state index in [2.05, 4.69) is 0 Å². The molecule has 156 valence electrons. The molecule has 1 aromatic carbocycles. The zero-order chi connectivity index (χ0) is 21.1. The van der Waals surface area contributed by atoms with Crippen LogP contribution in [0, 0.1) is 6.92 Å². The molecule has 1 aromatic rings. The monoisotopic (exact) mass is 408 g/mol. The summed E-state index contributed by atoms with van der Waals surface area (Å²) in [4.78, 5) is 27.4. The van der Waals surface area contributed by atoms with Crippen molar-refractivity contribution in [3.05, 3.63) is 46.2 Å². The molecule has 0 unspecified atom stereocenters. The first-order valence-electron chi connectivity index (χ1n) is 9.71. The molecule has 1 saturated carbocycles. The molecule has 1 saturated heterocycles. The third-order valence-corrected chi connectivity index (χ3v) is 6.61. The first-order valence-corrected chi connectivity index (χ1v) is 9.71. The normalized spacial score (nSPS) is 27.2. The Labute approximate surface area is 166 Å². The average Bonchev–Trinajstić information content (AvgIpc) is 3.30. The van der Waals surface area contributed by atoms with Gasteiger partial charge in [0, 0.05) is 13.6 Å². The first kappa shape index (κ1) is 19.8. The van der Waals surface area contributed by atoms with Gasteiger partial charge in [0.05, 0.1) is 23.2 Å². The van der Waals surface area contributed by atoms with Crippen LogP contribution in [-0.4, -0.2) is 52.4 Å². The molecule has 1 spiro atoms. The van der Waals surface area contributed by atoms with E-state index in [4.69, 9.17) is 0 Å². The number of alkyl halides is 3. The van der Waals surface area contributed by atoms with Gasteiger partial charge in [0.15, 0.2) is 5.76 Å². The summed E-state index contributed by atoms with van der Waals surface area (Å²) in [5.41, 5.74) is 0.167. The van der Waals surface area contributed by atoms with Crippen molar-refractivity contribution < 1.29 is 27.9 Å². The molecule has 1 N–H and O–H groups in total. The summed E-state index contributed by atoms with van der Waals surface area (Å²) in [6.45, 7) is 2.13. The summed E-state index contributed by atoms with van der Waals surface area (Å²) in [7, 11) is 1.53. The fourth-order valence-corrected chi connectivity index (χ4v) is 4.69. The highest BCUT2D eigenvalue weighted by molar-refractivity contribution is 6.07. The quantitative estimate of drug-likeness (QED) is 0.762. The number of rotatable bonds is 2. The fourth-order valence-electron chi connectivity index (χ4n) is 4.69. The van der Waals surface area contributed by atoms with E-state index in [1.165, 1.54) is 31.0 Å². The zero-order valence-electron chi connectivity index (χ0n) is 16.3. The number of likely N-dealkylation sites (N-methyl/N-ethyl adjacent to an activating group) is 1. The summed E-state index contributed by atoms with van der Waals surface area (Å²) < 4.78 is 39.6. The molecule has 8 heteroatoms. The molecule has 0 bridgehead atoms. The summed E-state index contributed by atoms with van der Waals surface area (Å²) in [6, 6.07) is 4.56. The van der Waals surface area contributed by atoms with E-state index < -0.39 is 23.4 Å².